The summed E-state index contributed by atoms with van der Waals surface area (Å²) in [5, 5.41) is 0. The first-order valence-electron chi connectivity index (χ1n) is 6.51. The molecule has 0 bridgehead atoms. The van der Waals surface area contributed by atoms with Crippen molar-refractivity contribution in [2.75, 3.05) is 0 Å². The second-order valence-corrected chi connectivity index (χ2v) is 7.28. The molecule has 20 heavy (non-hydrogen) atoms. The highest BCUT2D eigenvalue weighted by Gasteiger charge is 2.66. The maximum atomic E-state index is 13.7. The van der Waals surface area contributed by atoms with Crippen molar-refractivity contribution in [1.29, 1.82) is 0 Å². The molecular formula is C15H25F3O2. The number of ether oxygens (including phenoxy) is 1. The van der Waals surface area contributed by atoms with Crippen molar-refractivity contribution in [2.24, 2.45) is 10.8 Å². The van der Waals surface area contributed by atoms with Gasteiger partial charge in [-0.15, -0.1) is 0 Å². The minimum absolute atomic E-state index is 0.420. The zero-order valence-corrected chi connectivity index (χ0v) is 13.5. The number of alkyl halides is 3. The van der Waals surface area contributed by atoms with Gasteiger partial charge in [-0.2, -0.15) is 13.2 Å². The van der Waals surface area contributed by atoms with Crippen molar-refractivity contribution < 1.29 is 22.7 Å². The van der Waals surface area contributed by atoms with Gasteiger partial charge in [0.15, 0.2) is 5.41 Å². The molecule has 0 rings (SSSR count). The van der Waals surface area contributed by atoms with E-state index in [4.69, 9.17) is 4.74 Å². The summed E-state index contributed by atoms with van der Waals surface area (Å²) in [6.45, 7) is 11.9. The summed E-state index contributed by atoms with van der Waals surface area (Å²) < 4.78 is 46.2. The topological polar surface area (TPSA) is 26.3 Å². The van der Waals surface area contributed by atoms with E-state index >= 15 is 0 Å². The Hall–Kier alpha value is -1.00. The highest BCUT2D eigenvalue weighted by molar-refractivity contribution is 5.82. The number of halogens is 3. The highest BCUT2D eigenvalue weighted by atomic mass is 19.4. The van der Waals surface area contributed by atoms with Crippen LogP contribution in [0.25, 0.3) is 0 Å². The lowest BCUT2D eigenvalue weighted by molar-refractivity contribution is -0.249. The van der Waals surface area contributed by atoms with Crippen LogP contribution >= 0.6 is 0 Å². The van der Waals surface area contributed by atoms with E-state index in [0.29, 0.717) is 5.57 Å². The van der Waals surface area contributed by atoms with Crippen LogP contribution < -0.4 is 0 Å². The Kier molecular flexibility index (Phi) is 5.14. The van der Waals surface area contributed by atoms with Crippen LogP contribution in [0.15, 0.2) is 11.6 Å². The van der Waals surface area contributed by atoms with E-state index < -0.39 is 28.6 Å². The Morgan fingerprint density at radius 2 is 1.35 bits per heavy atom. The number of rotatable bonds is 2. The van der Waals surface area contributed by atoms with Gasteiger partial charge < -0.3 is 4.74 Å². The van der Waals surface area contributed by atoms with Gasteiger partial charge in [0.2, 0.25) is 0 Å². The minimum Gasteiger partial charge on any atom is -0.459 e. The SMILES string of the molecule is CC(C)=CC(C(=O)OC(C)(C)C)(C(C)(C)C)C(F)(F)F. The Balaban J connectivity index is 6.18. The molecule has 0 aliphatic heterocycles. The first-order valence-corrected chi connectivity index (χ1v) is 6.51. The lowest BCUT2D eigenvalue weighted by Gasteiger charge is -2.43. The molecule has 0 amide bonds. The number of hydrogen-bond acceptors (Lipinski definition) is 2. The van der Waals surface area contributed by atoms with Gasteiger partial charge >= 0.3 is 12.1 Å². The molecule has 0 saturated heterocycles. The third-order valence-corrected chi connectivity index (χ3v) is 2.86. The Morgan fingerprint density at radius 3 is 1.55 bits per heavy atom. The molecule has 0 aliphatic carbocycles. The first kappa shape index (κ1) is 19.0. The zero-order valence-electron chi connectivity index (χ0n) is 13.5. The number of hydrogen-bond donors (Lipinski definition) is 0. The summed E-state index contributed by atoms with van der Waals surface area (Å²) in [7, 11) is 0. The molecule has 0 aromatic rings. The average Bonchev–Trinajstić information content (AvgIpc) is 2.05. The Labute approximate surface area is 119 Å². The van der Waals surface area contributed by atoms with Crippen LogP contribution in [0.5, 0.6) is 0 Å². The molecule has 0 aromatic heterocycles. The number of carbonyl (C=O) groups excluding carboxylic acids is 1. The van der Waals surface area contributed by atoms with E-state index in [1.807, 2.05) is 0 Å². The Morgan fingerprint density at radius 1 is 0.950 bits per heavy atom. The highest BCUT2D eigenvalue weighted by Crippen LogP contribution is 2.53. The summed E-state index contributed by atoms with van der Waals surface area (Å²) in [4.78, 5) is 12.3. The predicted octanol–water partition coefficient (Wildman–Crippen LogP) is 4.89. The van der Waals surface area contributed by atoms with Crippen molar-refractivity contribution in [2.45, 2.75) is 67.2 Å². The van der Waals surface area contributed by atoms with Crippen LogP contribution in [0.1, 0.15) is 55.4 Å². The molecule has 0 spiro atoms. The van der Waals surface area contributed by atoms with Gasteiger partial charge in [-0.05, 0) is 40.0 Å². The molecule has 0 aromatic carbocycles. The van der Waals surface area contributed by atoms with Crippen molar-refractivity contribution in [3.63, 3.8) is 0 Å². The first-order chi connectivity index (χ1) is 8.54. The van der Waals surface area contributed by atoms with Crippen LogP contribution in [0.3, 0.4) is 0 Å². The zero-order chi connectivity index (χ0) is 16.6. The second-order valence-electron chi connectivity index (χ2n) is 7.28. The van der Waals surface area contributed by atoms with Crippen LogP contribution in [0, 0.1) is 10.8 Å². The fourth-order valence-electron chi connectivity index (χ4n) is 2.00. The van der Waals surface area contributed by atoms with Crippen LogP contribution in [-0.4, -0.2) is 17.7 Å². The van der Waals surface area contributed by atoms with Crippen LogP contribution in [0.4, 0.5) is 13.2 Å². The standard InChI is InChI=1S/C15H25F3O2/c1-10(2)9-14(12(3,4)5,15(16,17)18)11(19)20-13(6,7)8/h9H,1-8H3. The second kappa shape index (κ2) is 5.41. The fraction of sp³-hybridized carbons (Fsp3) is 0.800. The van der Waals surface area contributed by atoms with Crippen molar-refractivity contribution in [3.8, 4) is 0 Å². The van der Waals surface area contributed by atoms with Gasteiger partial charge in [0, 0.05) is 0 Å². The van der Waals surface area contributed by atoms with Gasteiger partial charge in [-0.1, -0.05) is 32.4 Å². The molecule has 0 radical (unpaired) electrons. The van der Waals surface area contributed by atoms with Gasteiger partial charge in [0.05, 0.1) is 0 Å². The molecule has 1 unspecified atom stereocenters. The summed E-state index contributed by atoms with van der Waals surface area (Å²) >= 11 is 0. The predicted molar refractivity (Wildman–Crippen MR) is 73.2 cm³/mol. The van der Waals surface area contributed by atoms with Gasteiger partial charge in [-0.25, -0.2) is 0 Å². The molecule has 0 heterocycles. The molecule has 0 aliphatic rings. The maximum Gasteiger partial charge on any atom is 0.408 e. The van der Waals surface area contributed by atoms with Crippen molar-refractivity contribution >= 4 is 5.97 Å². The number of allylic oxidation sites excluding steroid dienone is 1. The van der Waals surface area contributed by atoms with Crippen molar-refractivity contribution in [3.05, 3.63) is 11.6 Å². The van der Waals surface area contributed by atoms with E-state index in [1.165, 1.54) is 34.6 Å². The molecule has 0 fully saturated rings. The summed E-state index contributed by atoms with van der Waals surface area (Å²) in [5.41, 5.74) is -4.58. The van der Waals surface area contributed by atoms with E-state index in [0.717, 1.165) is 6.08 Å². The van der Waals surface area contributed by atoms with Gasteiger partial charge in [-0.3, -0.25) is 4.79 Å². The molecule has 5 heteroatoms. The summed E-state index contributed by atoms with van der Waals surface area (Å²) in [5.74, 6) is -1.26. The third kappa shape index (κ3) is 4.00. The fourth-order valence-corrected chi connectivity index (χ4v) is 2.00. The van der Waals surface area contributed by atoms with Gasteiger partial charge in [0.25, 0.3) is 0 Å². The van der Waals surface area contributed by atoms with E-state index in [9.17, 15) is 18.0 Å². The smallest absolute Gasteiger partial charge is 0.408 e. The molecule has 0 saturated carbocycles. The minimum atomic E-state index is -4.73. The van der Waals surface area contributed by atoms with Gasteiger partial charge in [0.1, 0.15) is 5.60 Å². The lowest BCUT2D eigenvalue weighted by atomic mass is 9.65. The normalized spacial score (nSPS) is 16.4. The van der Waals surface area contributed by atoms with E-state index in [1.54, 1.807) is 20.8 Å². The quantitative estimate of drug-likeness (QED) is 0.535. The molecule has 1 atom stereocenters. The summed E-state index contributed by atoms with van der Waals surface area (Å²) in [6.07, 6.45) is -3.76. The maximum absolute atomic E-state index is 13.7. The molecule has 0 N–H and O–H groups in total. The number of esters is 1. The van der Waals surface area contributed by atoms with Crippen LogP contribution in [0.2, 0.25) is 0 Å². The largest absolute Gasteiger partial charge is 0.459 e. The lowest BCUT2D eigenvalue weighted by Crippen LogP contribution is -2.54. The Bertz CT molecular complexity index is 375. The molecular weight excluding hydrogens is 269 g/mol. The monoisotopic (exact) mass is 294 g/mol. The van der Waals surface area contributed by atoms with Crippen LogP contribution in [-0.2, 0) is 9.53 Å². The summed E-state index contributed by atoms with van der Waals surface area (Å²) in [6, 6.07) is 0. The third-order valence-electron chi connectivity index (χ3n) is 2.86. The number of carbonyl (C=O) groups is 1. The van der Waals surface area contributed by atoms with Crippen molar-refractivity contribution in [1.82, 2.24) is 0 Å². The molecule has 2 nitrogen and oxygen atoms in total. The van der Waals surface area contributed by atoms with E-state index in [2.05, 4.69) is 0 Å². The van der Waals surface area contributed by atoms with E-state index in [-0.39, 0.29) is 0 Å². The molecule has 118 valence electrons. The average molecular weight is 294 g/mol.